The molecule has 26 heavy (non-hydrogen) atoms. The van der Waals surface area contributed by atoms with Gasteiger partial charge in [0.25, 0.3) is 5.91 Å². The molecule has 1 amide bonds. The van der Waals surface area contributed by atoms with E-state index in [0.717, 1.165) is 25.3 Å². The van der Waals surface area contributed by atoms with E-state index in [1.807, 2.05) is 0 Å². The Hall–Kier alpha value is -2.13. The maximum atomic E-state index is 12.6. The second kappa shape index (κ2) is 6.55. The van der Waals surface area contributed by atoms with E-state index in [9.17, 15) is 18.0 Å². The molecule has 2 bridgehead atoms. The number of carbonyl (C=O) groups excluding carboxylic acids is 1. The summed E-state index contributed by atoms with van der Waals surface area (Å²) in [6, 6.07) is 8.10. The monoisotopic (exact) mass is 383 g/mol. The van der Waals surface area contributed by atoms with Gasteiger partial charge in [-0.05, 0) is 55.1 Å². The van der Waals surface area contributed by atoms with E-state index in [4.69, 9.17) is 4.74 Å². The maximum Gasteiger partial charge on any atom is 0.427 e. The van der Waals surface area contributed by atoms with E-state index in [2.05, 4.69) is 15.0 Å². The van der Waals surface area contributed by atoms with E-state index in [0.29, 0.717) is 34.9 Å². The van der Waals surface area contributed by atoms with Crippen LogP contribution in [0.3, 0.4) is 0 Å². The second-order valence-electron chi connectivity index (χ2n) is 6.52. The molecule has 0 spiro atoms. The summed E-state index contributed by atoms with van der Waals surface area (Å²) in [6.07, 6.45) is -1.25. The van der Waals surface area contributed by atoms with Crippen molar-refractivity contribution in [2.75, 3.05) is 0 Å². The molecule has 3 heterocycles. The number of hydrogen-bond acceptors (Lipinski definition) is 5. The summed E-state index contributed by atoms with van der Waals surface area (Å²) in [7, 11) is 0. The first-order chi connectivity index (χ1) is 12.4. The number of alkyl halides is 3. The summed E-state index contributed by atoms with van der Waals surface area (Å²) in [6.45, 7) is 0. The van der Waals surface area contributed by atoms with Crippen LogP contribution in [0.4, 0.5) is 13.2 Å². The standard InChI is InChI=1S/C17H16F3N3O2S/c18-17(19,20)14-8-15(23-26-14)25-11-4-1-9(2-5-11)16(24)22-13-7-10-3-6-12(13)21-10/h1-2,4-5,8,10,12-13,21H,3,6-7H2,(H,22,24)/t10-,12+,13-/m1/s1. The smallest absolute Gasteiger partial charge is 0.427 e. The fraction of sp³-hybridized carbons (Fsp3) is 0.412. The van der Waals surface area contributed by atoms with Crippen molar-refractivity contribution in [3.05, 3.63) is 40.8 Å². The molecule has 0 saturated carbocycles. The van der Waals surface area contributed by atoms with Gasteiger partial charge >= 0.3 is 6.18 Å². The largest absolute Gasteiger partial charge is 0.438 e. The number of nitrogens with zero attached hydrogens (tertiary/aromatic N) is 1. The third-order valence-corrected chi connectivity index (χ3v) is 5.54. The lowest BCUT2D eigenvalue weighted by molar-refractivity contribution is -0.134. The van der Waals surface area contributed by atoms with Crippen LogP contribution in [0.1, 0.15) is 34.5 Å². The van der Waals surface area contributed by atoms with Crippen LogP contribution < -0.4 is 15.4 Å². The third kappa shape index (κ3) is 3.54. The lowest BCUT2D eigenvalue weighted by Crippen LogP contribution is -2.42. The van der Waals surface area contributed by atoms with E-state index >= 15 is 0 Å². The minimum atomic E-state index is -4.43. The van der Waals surface area contributed by atoms with Gasteiger partial charge in [-0.3, -0.25) is 4.79 Å². The number of hydrogen-bond donors (Lipinski definition) is 2. The van der Waals surface area contributed by atoms with Crippen molar-refractivity contribution in [2.24, 2.45) is 0 Å². The zero-order valence-corrected chi connectivity index (χ0v) is 14.4. The third-order valence-electron chi connectivity index (χ3n) is 4.72. The molecule has 138 valence electrons. The predicted octanol–water partition coefficient (Wildman–Crippen LogP) is 3.58. The van der Waals surface area contributed by atoms with Gasteiger partial charge in [-0.1, -0.05) is 0 Å². The number of amides is 1. The Bertz CT molecular complexity index is 806. The molecule has 2 aromatic rings. The molecule has 2 aliphatic rings. The van der Waals surface area contributed by atoms with E-state index in [1.165, 1.54) is 0 Å². The van der Waals surface area contributed by atoms with Crippen LogP contribution >= 0.6 is 11.5 Å². The van der Waals surface area contributed by atoms with Crippen LogP contribution in [0.15, 0.2) is 30.3 Å². The van der Waals surface area contributed by atoms with Crippen LogP contribution in [0, 0.1) is 0 Å². The molecule has 0 radical (unpaired) electrons. The first-order valence-electron chi connectivity index (χ1n) is 8.27. The number of halogens is 3. The molecule has 0 unspecified atom stereocenters. The maximum absolute atomic E-state index is 12.6. The van der Waals surface area contributed by atoms with Gasteiger partial charge in [-0.25, -0.2) is 0 Å². The zero-order chi connectivity index (χ0) is 18.3. The van der Waals surface area contributed by atoms with Gasteiger partial charge < -0.3 is 15.4 Å². The molecule has 2 aliphatic heterocycles. The topological polar surface area (TPSA) is 63.2 Å². The number of nitrogens with one attached hydrogen (secondary N) is 2. The Morgan fingerprint density at radius 1 is 1.27 bits per heavy atom. The summed E-state index contributed by atoms with van der Waals surface area (Å²) in [4.78, 5) is 11.5. The normalized spacial score (nSPS) is 24.7. The summed E-state index contributed by atoms with van der Waals surface area (Å²) >= 11 is 0.337. The highest BCUT2D eigenvalue weighted by Gasteiger charge is 2.39. The van der Waals surface area contributed by atoms with E-state index < -0.39 is 11.1 Å². The van der Waals surface area contributed by atoms with Gasteiger partial charge in [0.1, 0.15) is 10.6 Å². The molecule has 1 aromatic heterocycles. The number of ether oxygens (including phenoxy) is 1. The zero-order valence-electron chi connectivity index (χ0n) is 13.5. The SMILES string of the molecule is O=C(N[C@@H]1C[C@H]2CC[C@@H]1N2)c1ccc(Oc2cc(C(F)(F)F)sn2)cc1. The van der Waals surface area contributed by atoms with Crippen molar-refractivity contribution in [1.29, 1.82) is 0 Å². The van der Waals surface area contributed by atoms with Crippen LogP contribution in [-0.4, -0.2) is 28.4 Å². The summed E-state index contributed by atoms with van der Waals surface area (Å²) in [5, 5.41) is 6.50. The van der Waals surface area contributed by atoms with Gasteiger partial charge in [0.05, 0.1) is 0 Å². The van der Waals surface area contributed by atoms with Crippen LogP contribution in [0.5, 0.6) is 11.6 Å². The fourth-order valence-electron chi connectivity index (χ4n) is 3.47. The number of carbonyl (C=O) groups is 1. The van der Waals surface area contributed by atoms with Gasteiger partial charge in [0.15, 0.2) is 0 Å². The van der Waals surface area contributed by atoms with Crippen molar-refractivity contribution in [3.63, 3.8) is 0 Å². The van der Waals surface area contributed by atoms with Gasteiger partial charge in [0.2, 0.25) is 5.88 Å². The number of benzene rings is 1. The van der Waals surface area contributed by atoms with Crippen LogP contribution in [0.25, 0.3) is 0 Å². The first kappa shape index (κ1) is 17.3. The minimum Gasteiger partial charge on any atom is -0.438 e. The molecule has 9 heteroatoms. The Labute approximate surface area is 151 Å². The molecular weight excluding hydrogens is 367 g/mol. The van der Waals surface area contributed by atoms with Crippen LogP contribution in [0.2, 0.25) is 0 Å². The molecule has 5 nitrogen and oxygen atoms in total. The first-order valence-corrected chi connectivity index (χ1v) is 9.04. The molecule has 0 aliphatic carbocycles. The lowest BCUT2D eigenvalue weighted by Gasteiger charge is -2.21. The summed E-state index contributed by atoms with van der Waals surface area (Å²) < 4.78 is 46.7. The average Bonchev–Trinajstić information content (AvgIpc) is 3.31. The molecule has 4 rings (SSSR count). The second-order valence-corrected chi connectivity index (χ2v) is 7.32. The molecule has 2 N–H and O–H groups in total. The van der Waals surface area contributed by atoms with Gasteiger partial charge in [-0.2, -0.15) is 17.5 Å². The van der Waals surface area contributed by atoms with Crippen molar-refractivity contribution in [2.45, 2.75) is 43.6 Å². The molecule has 2 saturated heterocycles. The van der Waals surface area contributed by atoms with E-state index in [1.54, 1.807) is 24.3 Å². The number of fused-ring (bicyclic) bond motifs is 2. The van der Waals surface area contributed by atoms with E-state index in [-0.39, 0.29) is 17.8 Å². The highest BCUT2D eigenvalue weighted by molar-refractivity contribution is 7.06. The minimum absolute atomic E-state index is 0.118. The Morgan fingerprint density at radius 3 is 2.62 bits per heavy atom. The molecule has 2 fully saturated rings. The fourth-order valence-corrected chi connectivity index (χ4v) is 4.01. The van der Waals surface area contributed by atoms with Gasteiger partial charge in [0, 0.05) is 29.8 Å². The predicted molar refractivity (Wildman–Crippen MR) is 89.4 cm³/mol. The van der Waals surface area contributed by atoms with Crippen molar-refractivity contribution in [3.8, 4) is 11.6 Å². The number of aromatic nitrogens is 1. The van der Waals surface area contributed by atoms with Crippen molar-refractivity contribution >= 4 is 17.4 Å². The highest BCUT2D eigenvalue weighted by Crippen LogP contribution is 2.35. The Morgan fingerprint density at radius 2 is 2.04 bits per heavy atom. The van der Waals surface area contributed by atoms with Crippen LogP contribution in [-0.2, 0) is 6.18 Å². The number of rotatable bonds is 4. The molecular formula is C17H16F3N3O2S. The molecule has 3 atom stereocenters. The average molecular weight is 383 g/mol. The highest BCUT2D eigenvalue weighted by atomic mass is 32.1. The van der Waals surface area contributed by atoms with Crippen molar-refractivity contribution in [1.82, 2.24) is 15.0 Å². The van der Waals surface area contributed by atoms with Crippen molar-refractivity contribution < 1.29 is 22.7 Å². The Kier molecular flexibility index (Phi) is 4.36. The summed E-state index contributed by atoms with van der Waals surface area (Å²) in [5.41, 5.74) is 0.481. The summed E-state index contributed by atoms with van der Waals surface area (Å²) in [5.74, 6) is 0.0404. The van der Waals surface area contributed by atoms with Gasteiger partial charge in [-0.15, -0.1) is 0 Å². The lowest BCUT2D eigenvalue weighted by atomic mass is 9.95. The Balaban J connectivity index is 1.37. The molecule has 1 aromatic carbocycles. The quantitative estimate of drug-likeness (QED) is 0.847.